The van der Waals surface area contributed by atoms with Gasteiger partial charge in [-0.3, -0.25) is 4.79 Å². The number of hydrogen-bond donors (Lipinski definition) is 1. The maximum atomic E-state index is 12.5. The second kappa shape index (κ2) is 11.7. The first-order valence-corrected chi connectivity index (χ1v) is 12.1. The van der Waals surface area contributed by atoms with Gasteiger partial charge in [0.25, 0.3) is 0 Å². The van der Waals surface area contributed by atoms with Crippen molar-refractivity contribution in [1.29, 1.82) is 0 Å². The lowest BCUT2D eigenvalue weighted by Crippen LogP contribution is -2.44. The number of carbonyl (C=O) groups excluding carboxylic acids is 1. The highest BCUT2D eigenvalue weighted by Crippen LogP contribution is 2.30. The highest BCUT2D eigenvalue weighted by atomic mass is 16.5. The summed E-state index contributed by atoms with van der Waals surface area (Å²) in [5.41, 5.74) is 3.76. The summed E-state index contributed by atoms with van der Waals surface area (Å²) in [5.74, 6) is 2.70. The van der Waals surface area contributed by atoms with Crippen LogP contribution in [0.2, 0.25) is 0 Å². The van der Waals surface area contributed by atoms with E-state index < -0.39 is 0 Å². The van der Waals surface area contributed by atoms with Gasteiger partial charge in [-0.1, -0.05) is 11.2 Å². The van der Waals surface area contributed by atoms with Gasteiger partial charge in [-0.15, -0.1) is 0 Å². The monoisotopic (exact) mass is 491 g/mol. The fraction of sp³-hybridized carbons (Fsp3) is 0.357. The van der Waals surface area contributed by atoms with E-state index in [-0.39, 0.29) is 11.9 Å². The molecule has 1 aliphatic heterocycles. The minimum absolute atomic E-state index is 0.101. The van der Waals surface area contributed by atoms with Crippen LogP contribution in [0.15, 0.2) is 53.1 Å². The van der Waals surface area contributed by atoms with Crippen molar-refractivity contribution >= 4 is 17.7 Å². The average Bonchev–Trinajstić information content (AvgIpc) is 3.23. The molecule has 3 aromatic rings. The van der Waals surface area contributed by atoms with Crippen molar-refractivity contribution < 1.29 is 23.5 Å². The SMILES string of the molecule is COc1ccc(N2CCC(NC(=O)/C=C/c3ccc(OCc4c(C)noc4C)c(OC)c3)CC2)cc1. The molecule has 4 rings (SSSR count). The van der Waals surface area contributed by atoms with Gasteiger partial charge in [0.15, 0.2) is 11.5 Å². The van der Waals surface area contributed by atoms with Crippen molar-refractivity contribution in [2.24, 2.45) is 0 Å². The van der Waals surface area contributed by atoms with Gasteiger partial charge in [-0.05, 0) is 74.7 Å². The lowest BCUT2D eigenvalue weighted by Gasteiger charge is -2.33. The number of amides is 1. The number of aromatic nitrogens is 1. The molecule has 0 aliphatic carbocycles. The molecule has 1 amide bonds. The summed E-state index contributed by atoms with van der Waals surface area (Å²) in [6.45, 7) is 5.88. The number of benzene rings is 2. The van der Waals surface area contributed by atoms with Gasteiger partial charge in [-0.25, -0.2) is 0 Å². The molecule has 1 fully saturated rings. The van der Waals surface area contributed by atoms with Crippen molar-refractivity contribution in [2.75, 3.05) is 32.2 Å². The van der Waals surface area contributed by atoms with E-state index in [1.807, 2.05) is 44.2 Å². The quantitative estimate of drug-likeness (QED) is 0.435. The molecule has 1 aliphatic rings. The van der Waals surface area contributed by atoms with E-state index in [1.54, 1.807) is 26.4 Å². The van der Waals surface area contributed by atoms with Crippen molar-refractivity contribution in [1.82, 2.24) is 10.5 Å². The summed E-state index contributed by atoms with van der Waals surface area (Å²) in [4.78, 5) is 14.9. The van der Waals surface area contributed by atoms with Crippen molar-refractivity contribution in [3.63, 3.8) is 0 Å². The topological polar surface area (TPSA) is 86.1 Å². The van der Waals surface area contributed by atoms with Gasteiger partial charge in [0, 0.05) is 30.9 Å². The van der Waals surface area contributed by atoms with Crippen LogP contribution in [0.25, 0.3) is 6.08 Å². The number of aryl methyl sites for hydroxylation is 2. The molecule has 0 saturated carbocycles. The molecule has 0 radical (unpaired) electrons. The molecule has 0 atom stereocenters. The lowest BCUT2D eigenvalue weighted by atomic mass is 10.0. The molecule has 1 N–H and O–H groups in total. The van der Waals surface area contributed by atoms with E-state index in [0.717, 1.165) is 54.3 Å². The first-order valence-electron chi connectivity index (χ1n) is 12.1. The maximum absolute atomic E-state index is 12.5. The second-order valence-electron chi connectivity index (χ2n) is 8.80. The van der Waals surface area contributed by atoms with Gasteiger partial charge in [0.05, 0.1) is 25.5 Å². The third kappa shape index (κ3) is 6.19. The standard InChI is InChI=1S/C28H33N3O5/c1-19-25(20(2)36-30-19)18-35-26-11-5-21(17-27(26)34-4)6-12-28(32)29-22-13-15-31(16-14-22)23-7-9-24(33-3)10-8-23/h5-12,17,22H,13-16,18H2,1-4H3,(H,29,32)/b12-6+. The molecule has 0 bridgehead atoms. The third-order valence-electron chi connectivity index (χ3n) is 6.45. The predicted molar refractivity (Wildman–Crippen MR) is 139 cm³/mol. The largest absolute Gasteiger partial charge is 0.497 e. The summed E-state index contributed by atoms with van der Waals surface area (Å²) in [7, 11) is 3.26. The van der Waals surface area contributed by atoms with Gasteiger partial charge in [-0.2, -0.15) is 0 Å². The fourth-order valence-corrected chi connectivity index (χ4v) is 4.26. The molecule has 190 valence electrons. The lowest BCUT2D eigenvalue weighted by molar-refractivity contribution is -0.117. The van der Waals surface area contributed by atoms with Gasteiger partial charge >= 0.3 is 0 Å². The molecule has 1 saturated heterocycles. The van der Waals surface area contributed by atoms with E-state index >= 15 is 0 Å². The second-order valence-corrected chi connectivity index (χ2v) is 8.80. The Morgan fingerprint density at radius 2 is 1.83 bits per heavy atom. The Morgan fingerprint density at radius 3 is 2.47 bits per heavy atom. The number of ether oxygens (including phenoxy) is 3. The zero-order chi connectivity index (χ0) is 25.5. The van der Waals surface area contributed by atoms with Crippen LogP contribution in [0, 0.1) is 13.8 Å². The number of hydrogen-bond acceptors (Lipinski definition) is 7. The molecule has 36 heavy (non-hydrogen) atoms. The van der Waals surface area contributed by atoms with Crippen LogP contribution in [0.1, 0.15) is 35.4 Å². The third-order valence-corrected chi connectivity index (χ3v) is 6.45. The Balaban J connectivity index is 1.28. The number of nitrogens with zero attached hydrogens (tertiary/aromatic N) is 2. The van der Waals surface area contributed by atoms with Crippen LogP contribution in [0.4, 0.5) is 5.69 Å². The number of nitrogens with one attached hydrogen (secondary N) is 1. The van der Waals surface area contributed by atoms with Crippen molar-refractivity contribution in [2.45, 2.75) is 39.3 Å². The first-order chi connectivity index (χ1) is 17.5. The normalized spacial score (nSPS) is 14.2. The van der Waals surface area contributed by atoms with Gasteiger partial charge in [0.1, 0.15) is 18.1 Å². The molecule has 8 nitrogen and oxygen atoms in total. The molecule has 8 heteroatoms. The zero-order valence-electron chi connectivity index (χ0n) is 21.2. The highest BCUT2D eigenvalue weighted by molar-refractivity contribution is 5.92. The summed E-state index contributed by atoms with van der Waals surface area (Å²) < 4.78 is 21.8. The predicted octanol–water partition coefficient (Wildman–Crippen LogP) is 4.69. The van der Waals surface area contributed by atoms with E-state index in [9.17, 15) is 4.79 Å². The Hall–Kier alpha value is -3.94. The summed E-state index contributed by atoms with van der Waals surface area (Å²) in [5, 5.41) is 7.07. The summed E-state index contributed by atoms with van der Waals surface area (Å²) >= 11 is 0. The van der Waals surface area contributed by atoms with Gasteiger partial charge < -0.3 is 29.0 Å². The van der Waals surface area contributed by atoms with Crippen molar-refractivity contribution in [3.05, 3.63) is 71.1 Å². The first kappa shape index (κ1) is 25.2. The van der Waals surface area contributed by atoms with Crippen LogP contribution in [0.5, 0.6) is 17.2 Å². The minimum Gasteiger partial charge on any atom is -0.497 e. The number of piperidine rings is 1. The Morgan fingerprint density at radius 1 is 1.08 bits per heavy atom. The molecule has 1 aromatic heterocycles. The van der Waals surface area contributed by atoms with Crippen LogP contribution in [0.3, 0.4) is 0 Å². The molecular weight excluding hydrogens is 458 g/mol. The summed E-state index contributed by atoms with van der Waals surface area (Å²) in [6, 6.07) is 13.8. The van der Waals surface area contributed by atoms with E-state index in [2.05, 4.69) is 27.5 Å². The Bertz CT molecular complexity index is 1170. The average molecular weight is 492 g/mol. The minimum atomic E-state index is -0.101. The smallest absolute Gasteiger partial charge is 0.244 e. The number of methoxy groups -OCH3 is 2. The summed E-state index contributed by atoms with van der Waals surface area (Å²) in [6.07, 6.45) is 5.14. The molecule has 0 unspecified atom stereocenters. The Labute approximate surface area is 211 Å². The Kier molecular flexibility index (Phi) is 8.15. The van der Waals surface area contributed by atoms with Crippen LogP contribution in [-0.2, 0) is 11.4 Å². The van der Waals surface area contributed by atoms with E-state index in [0.29, 0.717) is 18.1 Å². The number of carbonyl (C=O) groups is 1. The van der Waals surface area contributed by atoms with Gasteiger partial charge in [0.2, 0.25) is 5.91 Å². The number of anilines is 1. The zero-order valence-corrected chi connectivity index (χ0v) is 21.2. The van der Waals surface area contributed by atoms with Crippen LogP contribution < -0.4 is 24.4 Å². The van der Waals surface area contributed by atoms with E-state index in [4.69, 9.17) is 18.7 Å². The van der Waals surface area contributed by atoms with E-state index in [1.165, 1.54) is 5.69 Å². The van der Waals surface area contributed by atoms with Crippen molar-refractivity contribution in [3.8, 4) is 17.2 Å². The van der Waals surface area contributed by atoms with Crippen LogP contribution >= 0.6 is 0 Å². The molecule has 2 aromatic carbocycles. The maximum Gasteiger partial charge on any atom is 0.244 e. The van der Waals surface area contributed by atoms with Crippen LogP contribution in [-0.4, -0.2) is 44.4 Å². The fourth-order valence-electron chi connectivity index (χ4n) is 4.26. The molecular formula is C28H33N3O5. The molecule has 2 heterocycles. The molecule has 0 spiro atoms. The highest BCUT2D eigenvalue weighted by Gasteiger charge is 2.20. The number of rotatable bonds is 9.